The van der Waals surface area contributed by atoms with Crippen molar-refractivity contribution >= 4 is 27.3 Å². The molecule has 2 aromatic rings. The molecule has 0 unspecified atom stereocenters. The lowest BCUT2D eigenvalue weighted by molar-refractivity contribution is 0.630. The van der Waals surface area contributed by atoms with Gasteiger partial charge in [-0.2, -0.15) is 0 Å². The Balaban J connectivity index is 2.42. The van der Waals surface area contributed by atoms with E-state index in [-0.39, 0.29) is 0 Å². The van der Waals surface area contributed by atoms with Gasteiger partial charge in [-0.1, -0.05) is 55.8 Å². The first-order chi connectivity index (χ1) is 8.97. The molecule has 0 atom stereocenters. The Labute approximate surface area is 128 Å². The number of thiazole rings is 1. The van der Waals surface area contributed by atoms with E-state index in [1.165, 1.54) is 16.1 Å². The summed E-state index contributed by atoms with van der Waals surface area (Å²) in [4.78, 5) is 6.31. The number of hydrogen-bond donors (Lipinski definition) is 0. The number of halogens is 1. The van der Waals surface area contributed by atoms with E-state index in [1.54, 1.807) is 0 Å². The molecule has 0 amide bonds. The standard InChI is InChI=1S/C16H20BrNS/c1-10(2)8-14-15(11(3)4)19-16(18-14)12-6-5-7-13(17)9-12/h5-7,9-11H,8H2,1-4H3. The molecule has 3 heteroatoms. The molecule has 0 N–H and O–H groups in total. The summed E-state index contributed by atoms with van der Waals surface area (Å²) in [6.45, 7) is 9.01. The zero-order valence-electron chi connectivity index (χ0n) is 11.9. The summed E-state index contributed by atoms with van der Waals surface area (Å²) < 4.78 is 1.11. The van der Waals surface area contributed by atoms with Gasteiger partial charge in [0.25, 0.3) is 0 Å². The van der Waals surface area contributed by atoms with E-state index in [9.17, 15) is 0 Å². The molecule has 0 aliphatic rings. The van der Waals surface area contributed by atoms with Crippen LogP contribution in [0.15, 0.2) is 28.7 Å². The Kier molecular flexibility index (Phi) is 4.80. The van der Waals surface area contributed by atoms with Gasteiger partial charge in [0.15, 0.2) is 0 Å². The highest BCUT2D eigenvalue weighted by atomic mass is 79.9. The molecular formula is C16H20BrNS. The Morgan fingerprint density at radius 3 is 2.53 bits per heavy atom. The number of hydrogen-bond acceptors (Lipinski definition) is 2. The number of rotatable bonds is 4. The predicted octanol–water partition coefficient (Wildman–Crippen LogP) is 5.89. The molecule has 1 nitrogen and oxygen atoms in total. The molecule has 19 heavy (non-hydrogen) atoms. The van der Waals surface area contributed by atoms with Crippen molar-refractivity contribution in [2.45, 2.75) is 40.0 Å². The Morgan fingerprint density at radius 1 is 1.21 bits per heavy atom. The van der Waals surface area contributed by atoms with Crippen molar-refractivity contribution in [1.29, 1.82) is 0 Å². The highest BCUT2D eigenvalue weighted by molar-refractivity contribution is 9.10. The van der Waals surface area contributed by atoms with E-state index in [1.807, 2.05) is 11.3 Å². The van der Waals surface area contributed by atoms with Crippen molar-refractivity contribution in [2.75, 3.05) is 0 Å². The smallest absolute Gasteiger partial charge is 0.123 e. The lowest BCUT2D eigenvalue weighted by Crippen LogP contribution is -1.99. The molecule has 0 bridgehead atoms. The van der Waals surface area contributed by atoms with E-state index in [2.05, 4.69) is 67.9 Å². The largest absolute Gasteiger partial charge is 0.241 e. The lowest BCUT2D eigenvalue weighted by atomic mass is 10.0. The SMILES string of the molecule is CC(C)Cc1nc(-c2cccc(Br)c2)sc1C(C)C. The van der Waals surface area contributed by atoms with Gasteiger partial charge in [0.2, 0.25) is 0 Å². The summed E-state index contributed by atoms with van der Waals surface area (Å²) in [7, 11) is 0. The van der Waals surface area contributed by atoms with Crippen LogP contribution in [0.4, 0.5) is 0 Å². The Morgan fingerprint density at radius 2 is 1.95 bits per heavy atom. The van der Waals surface area contributed by atoms with Crippen LogP contribution >= 0.6 is 27.3 Å². The molecule has 0 aliphatic heterocycles. The van der Waals surface area contributed by atoms with Crippen molar-refractivity contribution in [3.8, 4) is 10.6 Å². The zero-order chi connectivity index (χ0) is 14.0. The van der Waals surface area contributed by atoms with E-state index in [0.29, 0.717) is 11.8 Å². The lowest BCUT2D eigenvalue weighted by Gasteiger charge is -2.06. The molecule has 0 saturated carbocycles. The maximum Gasteiger partial charge on any atom is 0.123 e. The fraction of sp³-hybridized carbons (Fsp3) is 0.438. The van der Waals surface area contributed by atoms with Gasteiger partial charge in [0, 0.05) is 14.9 Å². The van der Waals surface area contributed by atoms with Gasteiger partial charge < -0.3 is 0 Å². The molecule has 102 valence electrons. The van der Waals surface area contributed by atoms with Crippen LogP contribution in [-0.2, 0) is 6.42 Å². The molecule has 0 saturated heterocycles. The number of aromatic nitrogens is 1. The predicted molar refractivity (Wildman–Crippen MR) is 87.9 cm³/mol. The summed E-state index contributed by atoms with van der Waals surface area (Å²) in [6, 6.07) is 8.39. The average Bonchev–Trinajstić information content (AvgIpc) is 2.72. The third kappa shape index (κ3) is 3.67. The molecule has 0 radical (unpaired) electrons. The van der Waals surface area contributed by atoms with Crippen LogP contribution in [-0.4, -0.2) is 4.98 Å². The normalized spacial score (nSPS) is 11.5. The molecule has 1 aromatic carbocycles. The quantitative estimate of drug-likeness (QED) is 0.677. The summed E-state index contributed by atoms with van der Waals surface area (Å²) in [5.41, 5.74) is 2.49. The summed E-state index contributed by atoms with van der Waals surface area (Å²) in [6.07, 6.45) is 1.07. The highest BCUT2D eigenvalue weighted by Crippen LogP contribution is 2.34. The summed E-state index contributed by atoms with van der Waals surface area (Å²) in [5, 5.41) is 1.14. The van der Waals surface area contributed by atoms with E-state index < -0.39 is 0 Å². The van der Waals surface area contributed by atoms with Gasteiger partial charge in [0.1, 0.15) is 5.01 Å². The van der Waals surface area contributed by atoms with E-state index in [4.69, 9.17) is 4.98 Å². The van der Waals surface area contributed by atoms with Crippen LogP contribution in [0.2, 0.25) is 0 Å². The third-order valence-corrected chi connectivity index (χ3v) is 4.87. The van der Waals surface area contributed by atoms with Gasteiger partial charge in [-0.25, -0.2) is 4.98 Å². The van der Waals surface area contributed by atoms with E-state index >= 15 is 0 Å². The third-order valence-electron chi connectivity index (χ3n) is 2.93. The van der Waals surface area contributed by atoms with Gasteiger partial charge in [-0.15, -0.1) is 11.3 Å². The number of benzene rings is 1. The van der Waals surface area contributed by atoms with Crippen LogP contribution in [0.25, 0.3) is 10.6 Å². The minimum Gasteiger partial charge on any atom is -0.241 e. The van der Waals surface area contributed by atoms with Gasteiger partial charge in [-0.05, 0) is 30.4 Å². The van der Waals surface area contributed by atoms with Crippen molar-refractivity contribution in [3.05, 3.63) is 39.3 Å². The second-order valence-corrected chi connectivity index (χ2v) is 7.54. The molecule has 0 spiro atoms. The fourth-order valence-electron chi connectivity index (χ4n) is 2.09. The van der Waals surface area contributed by atoms with Crippen LogP contribution < -0.4 is 0 Å². The average molecular weight is 338 g/mol. The van der Waals surface area contributed by atoms with Gasteiger partial charge in [0.05, 0.1) is 5.69 Å². The van der Waals surface area contributed by atoms with Crippen molar-refractivity contribution in [2.24, 2.45) is 5.92 Å². The molecular weight excluding hydrogens is 318 g/mol. The Hall–Kier alpha value is -0.670. The second kappa shape index (κ2) is 6.19. The fourth-order valence-corrected chi connectivity index (χ4v) is 3.58. The minimum absolute atomic E-state index is 0.548. The number of nitrogens with zero attached hydrogens (tertiary/aromatic N) is 1. The van der Waals surface area contributed by atoms with Gasteiger partial charge in [-0.3, -0.25) is 0 Å². The topological polar surface area (TPSA) is 12.9 Å². The van der Waals surface area contributed by atoms with Crippen molar-refractivity contribution in [3.63, 3.8) is 0 Å². The van der Waals surface area contributed by atoms with Crippen LogP contribution in [0.1, 0.15) is 44.2 Å². The highest BCUT2D eigenvalue weighted by Gasteiger charge is 2.16. The van der Waals surface area contributed by atoms with Crippen LogP contribution in [0.5, 0.6) is 0 Å². The first-order valence-corrected chi connectivity index (χ1v) is 8.34. The van der Waals surface area contributed by atoms with Crippen LogP contribution in [0, 0.1) is 5.92 Å². The second-order valence-electron chi connectivity index (χ2n) is 5.59. The molecule has 0 fully saturated rings. The molecule has 1 heterocycles. The first kappa shape index (κ1) is 14.7. The maximum absolute atomic E-state index is 4.88. The van der Waals surface area contributed by atoms with Crippen molar-refractivity contribution < 1.29 is 0 Å². The van der Waals surface area contributed by atoms with Gasteiger partial charge >= 0.3 is 0 Å². The molecule has 1 aromatic heterocycles. The Bertz CT molecular complexity index is 558. The molecule has 2 rings (SSSR count). The minimum atomic E-state index is 0.548. The van der Waals surface area contributed by atoms with Crippen LogP contribution in [0.3, 0.4) is 0 Å². The summed E-state index contributed by atoms with van der Waals surface area (Å²) >= 11 is 5.37. The van der Waals surface area contributed by atoms with E-state index in [0.717, 1.165) is 15.9 Å². The maximum atomic E-state index is 4.88. The summed E-state index contributed by atoms with van der Waals surface area (Å²) in [5.74, 6) is 1.20. The van der Waals surface area contributed by atoms with Crippen molar-refractivity contribution in [1.82, 2.24) is 4.98 Å². The molecule has 0 aliphatic carbocycles. The monoisotopic (exact) mass is 337 g/mol. The first-order valence-electron chi connectivity index (χ1n) is 6.73. The zero-order valence-corrected chi connectivity index (χ0v) is 14.3.